The maximum absolute atomic E-state index is 2.85. The van der Waals surface area contributed by atoms with Crippen molar-refractivity contribution < 1.29 is 46.1 Å². The number of fused-ring (bicyclic) bond motifs is 3. The van der Waals surface area contributed by atoms with Crippen LogP contribution in [0.5, 0.6) is 0 Å². The molecule has 1 atom stereocenters. The van der Waals surface area contributed by atoms with E-state index in [1.165, 1.54) is 65.5 Å². The second kappa shape index (κ2) is 12.7. The van der Waals surface area contributed by atoms with Crippen LogP contribution in [0.4, 0.5) is 0 Å². The Bertz CT molecular complexity index is 1760. The van der Waals surface area contributed by atoms with Crippen LogP contribution in [0.1, 0.15) is 98.2 Å². The van der Waals surface area contributed by atoms with Crippen molar-refractivity contribution in [2.24, 2.45) is 35.0 Å². The van der Waals surface area contributed by atoms with Gasteiger partial charge in [0.1, 0.15) is 0 Å². The maximum Gasteiger partial charge on any atom is -1.00 e. The standard InChI is InChI=1S/C17H23.C17H17.C9H10.2ClH.Zr/c1-11-3-4-14(5-11)17(2)15-7-12-6-13(9-15)10-16(17)8-12;1-10-5-14-9-15-6-11(2)13(4)8-17(15)16(14)7-12(10)3;1-2-6-9-7-4-3-5-8-9;;;/h4-5,11-13,15-16H,6-10H2,1-2H3;5,7-8H,9H2,1-4H3;3-5,7-8H,2H2,1H3;2*1H;/q;;;;;+2/p-2. The van der Waals surface area contributed by atoms with Gasteiger partial charge in [-0.05, 0) is 0 Å². The summed E-state index contributed by atoms with van der Waals surface area (Å²) in [6, 6.07) is 19.1. The molecular weight excluding hydrogens is 679 g/mol. The Hall–Kier alpha value is -1.53. The first-order valence-corrected chi connectivity index (χ1v) is 21.3. The fraction of sp³-hybridized carbons (Fsp3) is 0.465. The summed E-state index contributed by atoms with van der Waals surface area (Å²) in [6.07, 6.45) is 15.4. The molecular formula is C43H50Cl2Zr. The Morgan fingerprint density at radius 1 is 0.804 bits per heavy atom. The van der Waals surface area contributed by atoms with E-state index in [2.05, 4.69) is 109 Å². The van der Waals surface area contributed by atoms with Gasteiger partial charge in [0.25, 0.3) is 0 Å². The summed E-state index contributed by atoms with van der Waals surface area (Å²) in [5.74, 6) is 4.37. The van der Waals surface area contributed by atoms with Crippen LogP contribution in [-0.4, -0.2) is 3.21 Å². The summed E-state index contributed by atoms with van der Waals surface area (Å²) in [5.41, 5.74) is 15.8. The first-order chi connectivity index (χ1) is 21.2. The molecule has 0 saturated heterocycles. The van der Waals surface area contributed by atoms with E-state index in [-0.39, 0.29) is 24.8 Å². The van der Waals surface area contributed by atoms with E-state index in [1.54, 1.807) is 28.7 Å². The number of hydrogen-bond donors (Lipinski definition) is 0. The molecule has 4 bridgehead atoms. The van der Waals surface area contributed by atoms with Gasteiger partial charge >= 0.3 is 276 Å². The average Bonchev–Trinajstić information content (AvgIpc) is 3.56. The van der Waals surface area contributed by atoms with Crippen LogP contribution in [-0.2, 0) is 27.7 Å². The van der Waals surface area contributed by atoms with Gasteiger partial charge in [0, 0.05) is 0 Å². The van der Waals surface area contributed by atoms with E-state index in [4.69, 9.17) is 0 Å². The van der Waals surface area contributed by atoms with Crippen molar-refractivity contribution in [3.8, 4) is 11.1 Å². The molecule has 3 heteroatoms. The molecule has 240 valence electrons. The van der Waals surface area contributed by atoms with Gasteiger partial charge in [0.15, 0.2) is 0 Å². The first-order valence-electron chi connectivity index (χ1n) is 17.6. The molecule has 6 aliphatic carbocycles. The molecule has 0 amide bonds. The van der Waals surface area contributed by atoms with E-state index in [0.717, 1.165) is 36.5 Å². The molecule has 0 aliphatic heterocycles. The minimum absolute atomic E-state index is 0. The van der Waals surface area contributed by atoms with Crippen LogP contribution < -0.4 is 28.1 Å². The van der Waals surface area contributed by atoms with Crippen LogP contribution in [0.15, 0.2) is 69.5 Å². The summed E-state index contributed by atoms with van der Waals surface area (Å²) in [4.78, 5) is 0. The molecule has 0 nitrogen and oxygen atoms in total. The molecule has 4 saturated carbocycles. The molecule has 6 aliphatic rings. The Morgan fingerprint density at radius 3 is 2.04 bits per heavy atom. The van der Waals surface area contributed by atoms with E-state index in [1.807, 2.05) is 3.28 Å². The summed E-state index contributed by atoms with van der Waals surface area (Å²) < 4.78 is 5.44. The second-order valence-corrected chi connectivity index (χ2v) is 21.6. The molecule has 0 radical (unpaired) electrons. The van der Waals surface area contributed by atoms with E-state index in [0.29, 0.717) is 11.3 Å². The number of benzene rings is 3. The maximum atomic E-state index is 2.85. The van der Waals surface area contributed by atoms with Gasteiger partial charge in [-0.3, -0.25) is 0 Å². The van der Waals surface area contributed by atoms with Crippen molar-refractivity contribution in [3.63, 3.8) is 0 Å². The fourth-order valence-electron chi connectivity index (χ4n) is 10.8. The van der Waals surface area contributed by atoms with Gasteiger partial charge in [-0.15, -0.1) is 0 Å². The fourth-order valence-corrected chi connectivity index (χ4v) is 19.9. The number of halogens is 2. The van der Waals surface area contributed by atoms with Crippen LogP contribution in [0.3, 0.4) is 0 Å². The third kappa shape index (κ3) is 5.20. The number of rotatable bonds is 5. The molecule has 0 aromatic heterocycles. The Balaban J connectivity index is 0.00000186. The largest absolute Gasteiger partial charge is 1.00 e. The van der Waals surface area contributed by atoms with Gasteiger partial charge in [0.2, 0.25) is 0 Å². The van der Waals surface area contributed by atoms with Gasteiger partial charge < -0.3 is 24.8 Å². The molecule has 3 aromatic rings. The SMILES string of the molecule is CC/[C](c1ccccc1)=[Zr+2](\[C]1=CC(C2(C)C3CC4CC(C3)CC2C4)=CC1C)[c]1c(C)c(C)cc2c1Cc1cc(C)c(C)cc1-2.[Cl-].[Cl-]. The van der Waals surface area contributed by atoms with Crippen LogP contribution in [0, 0.1) is 62.7 Å². The van der Waals surface area contributed by atoms with Crippen molar-refractivity contribution in [1.82, 2.24) is 0 Å². The van der Waals surface area contributed by atoms with E-state index < -0.39 is 21.3 Å². The van der Waals surface area contributed by atoms with Crippen LogP contribution >= 0.6 is 0 Å². The van der Waals surface area contributed by atoms with Crippen molar-refractivity contribution in [2.75, 3.05) is 0 Å². The zero-order valence-electron chi connectivity index (χ0n) is 28.9. The number of allylic oxidation sites excluding steroid dienone is 4. The summed E-state index contributed by atoms with van der Waals surface area (Å²) >= 11 is -2.60. The molecule has 0 heterocycles. The van der Waals surface area contributed by atoms with Gasteiger partial charge in [-0.2, -0.15) is 0 Å². The predicted molar refractivity (Wildman–Crippen MR) is 185 cm³/mol. The van der Waals surface area contributed by atoms with E-state index in [9.17, 15) is 0 Å². The molecule has 0 spiro atoms. The molecule has 9 rings (SSSR count). The Labute approximate surface area is 298 Å². The zero-order chi connectivity index (χ0) is 30.5. The first kappa shape index (κ1) is 34.3. The number of aryl methyl sites for hydroxylation is 3. The molecule has 0 N–H and O–H groups in total. The average molecular weight is 729 g/mol. The zero-order valence-corrected chi connectivity index (χ0v) is 32.8. The predicted octanol–water partition coefficient (Wildman–Crippen LogP) is 4.30. The van der Waals surface area contributed by atoms with Crippen molar-refractivity contribution >= 4 is 6.48 Å². The molecule has 46 heavy (non-hydrogen) atoms. The van der Waals surface area contributed by atoms with Crippen LogP contribution in [0.25, 0.3) is 11.1 Å². The monoisotopic (exact) mass is 726 g/mol. The smallest absolute Gasteiger partial charge is 1.00 e. The third-order valence-electron chi connectivity index (χ3n) is 13.3. The minimum atomic E-state index is -2.60. The normalized spacial score (nSPS) is 28.5. The summed E-state index contributed by atoms with van der Waals surface area (Å²) in [5, 5.41) is 0. The molecule has 3 aromatic carbocycles. The number of hydrogen-bond acceptors (Lipinski definition) is 0. The van der Waals surface area contributed by atoms with Crippen LogP contribution in [0.2, 0.25) is 0 Å². The Kier molecular flexibility index (Phi) is 9.51. The summed E-state index contributed by atoms with van der Waals surface area (Å²) in [6.45, 7) is 17.2. The van der Waals surface area contributed by atoms with E-state index >= 15 is 0 Å². The quantitative estimate of drug-likeness (QED) is 0.288. The molecule has 4 fully saturated rings. The minimum Gasteiger partial charge on any atom is -1.00 e. The Morgan fingerprint density at radius 2 is 1.41 bits per heavy atom. The van der Waals surface area contributed by atoms with Crippen molar-refractivity contribution in [3.05, 3.63) is 108 Å². The topological polar surface area (TPSA) is 0 Å². The van der Waals surface area contributed by atoms with Crippen molar-refractivity contribution in [1.29, 1.82) is 0 Å². The van der Waals surface area contributed by atoms with Gasteiger partial charge in [0.05, 0.1) is 0 Å². The third-order valence-corrected chi connectivity index (χ3v) is 22.2. The summed E-state index contributed by atoms with van der Waals surface area (Å²) in [7, 11) is 0. The molecule has 1 unspecified atom stereocenters. The van der Waals surface area contributed by atoms with Gasteiger partial charge in [-0.1, -0.05) is 0 Å². The van der Waals surface area contributed by atoms with Gasteiger partial charge in [-0.25, -0.2) is 0 Å². The van der Waals surface area contributed by atoms with Crippen molar-refractivity contribution in [2.45, 2.75) is 93.4 Å². The second-order valence-electron chi connectivity index (χ2n) is 15.7.